The van der Waals surface area contributed by atoms with Crippen LogP contribution in [0.1, 0.15) is 65.7 Å². The first-order chi connectivity index (χ1) is 13.5. The normalized spacial score (nSPS) is 47.7. The SMILES string of the molecule is CC(S)OCC(=O)[C@@]1(O)CC[C@H]2[C@@H]3CCC4=CC(=O)CC[C@]4(C)[C@H]3[C@@H](O)C[C@@]21C. The molecule has 5 nitrogen and oxygen atoms in total. The Balaban J connectivity index is 1.65. The number of aliphatic hydroxyl groups excluding tert-OH is 1. The Morgan fingerprint density at radius 1 is 1.31 bits per heavy atom. The van der Waals surface area contributed by atoms with Gasteiger partial charge in [0.05, 0.1) is 11.5 Å². The van der Waals surface area contributed by atoms with Crippen molar-refractivity contribution in [2.45, 2.75) is 82.9 Å². The fourth-order valence-corrected chi connectivity index (χ4v) is 7.54. The van der Waals surface area contributed by atoms with Crippen molar-refractivity contribution in [3.8, 4) is 0 Å². The van der Waals surface area contributed by atoms with Crippen LogP contribution in [0.2, 0.25) is 0 Å². The Bertz CT molecular complexity index is 748. The van der Waals surface area contributed by atoms with E-state index in [4.69, 9.17) is 4.74 Å². The maximum absolute atomic E-state index is 13.0. The van der Waals surface area contributed by atoms with E-state index < -0.39 is 17.1 Å². The molecule has 0 radical (unpaired) electrons. The highest BCUT2D eigenvalue weighted by Gasteiger charge is 2.68. The van der Waals surface area contributed by atoms with Gasteiger partial charge in [0.15, 0.2) is 11.6 Å². The molecule has 0 bridgehead atoms. The molecule has 4 aliphatic rings. The van der Waals surface area contributed by atoms with Gasteiger partial charge >= 0.3 is 0 Å². The van der Waals surface area contributed by atoms with E-state index in [1.165, 1.54) is 5.57 Å². The molecule has 162 valence electrons. The van der Waals surface area contributed by atoms with Gasteiger partial charge in [-0.25, -0.2) is 0 Å². The van der Waals surface area contributed by atoms with E-state index in [0.717, 1.165) is 25.7 Å². The zero-order valence-electron chi connectivity index (χ0n) is 17.7. The lowest BCUT2D eigenvalue weighted by atomic mass is 9.45. The minimum absolute atomic E-state index is 0.0832. The molecule has 8 atom stereocenters. The summed E-state index contributed by atoms with van der Waals surface area (Å²) in [6, 6.07) is 0. The summed E-state index contributed by atoms with van der Waals surface area (Å²) < 4.78 is 5.39. The number of allylic oxidation sites excluding steroid dienone is 1. The Morgan fingerprint density at radius 2 is 2.03 bits per heavy atom. The first kappa shape index (κ1) is 21.5. The molecule has 0 heterocycles. The van der Waals surface area contributed by atoms with Crippen LogP contribution in [-0.4, -0.2) is 45.5 Å². The van der Waals surface area contributed by atoms with Crippen molar-refractivity contribution >= 4 is 24.2 Å². The second-order valence-electron chi connectivity index (χ2n) is 10.3. The zero-order valence-corrected chi connectivity index (χ0v) is 18.6. The first-order valence-corrected chi connectivity index (χ1v) is 11.5. The molecular weight excluding hydrogens is 388 g/mol. The van der Waals surface area contributed by atoms with Crippen LogP contribution < -0.4 is 0 Å². The van der Waals surface area contributed by atoms with Crippen LogP contribution in [0.25, 0.3) is 0 Å². The Kier molecular flexibility index (Phi) is 5.33. The van der Waals surface area contributed by atoms with Gasteiger partial charge in [0.25, 0.3) is 0 Å². The smallest absolute Gasteiger partial charge is 0.190 e. The van der Waals surface area contributed by atoms with Crippen LogP contribution in [-0.2, 0) is 14.3 Å². The highest BCUT2D eigenvalue weighted by Crippen LogP contribution is 2.67. The van der Waals surface area contributed by atoms with Gasteiger partial charge in [-0.05, 0) is 74.7 Å². The molecule has 29 heavy (non-hydrogen) atoms. The van der Waals surface area contributed by atoms with E-state index in [-0.39, 0.29) is 46.8 Å². The second-order valence-corrected chi connectivity index (χ2v) is 11.0. The van der Waals surface area contributed by atoms with Crippen molar-refractivity contribution < 1.29 is 24.5 Å². The Labute approximate surface area is 178 Å². The van der Waals surface area contributed by atoms with Crippen LogP contribution in [0.4, 0.5) is 0 Å². The summed E-state index contributed by atoms with van der Waals surface area (Å²) in [4.78, 5) is 25.0. The van der Waals surface area contributed by atoms with Gasteiger partial charge < -0.3 is 14.9 Å². The fraction of sp³-hybridized carbons (Fsp3) is 0.826. The summed E-state index contributed by atoms with van der Waals surface area (Å²) in [6.07, 6.45) is 5.96. The largest absolute Gasteiger partial charge is 0.393 e. The van der Waals surface area contributed by atoms with Crippen molar-refractivity contribution in [2.75, 3.05) is 6.61 Å². The van der Waals surface area contributed by atoms with Gasteiger partial charge in [-0.2, -0.15) is 0 Å². The molecule has 3 saturated carbocycles. The summed E-state index contributed by atoms with van der Waals surface area (Å²) in [5.74, 6) is 0.435. The van der Waals surface area contributed by atoms with E-state index in [1.807, 2.05) is 13.0 Å². The molecule has 0 saturated heterocycles. The number of Topliss-reactive ketones (excluding diaryl/α,β-unsaturated/α-hetero) is 1. The molecule has 4 rings (SSSR count). The molecule has 1 unspecified atom stereocenters. The summed E-state index contributed by atoms with van der Waals surface area (Å²) in [5.41, 5.74) is -1.46. The van der Waals surface area contributed by atoms with Crippen molar-refractivity contribution in [1.29, 1.82) is 0 Å². The number of aliphatic hydroxyl groups is 2. The second kappa shape index (κ2) is 7.18. The maximum atomic E-state index is 13.0. The molecule has 0 aromatic rings. The quantitative estimate of drug-likeness (QED) is 0.479. The minimum atomic E-state index is -1.47. The minimum Gasteiger partial charge on any atom is -0.393 e. The number of thiol groups is 1. The van der Waals surface area contributed by atoms with Crippen LogP contribution in [0, 0.1) is 28.6 Å². The molecule has 0 aromatic heterocycles. The maximum Gasteiger partial charge on any atom is 0.190 e. The number of carbonyl (C=O) groups is 2. The Morgan fingerprint density at radius 3 is 2.72 bits per heavy atom. The molecule has 6 heteroatoms. The molecule has 0 aromatic carbocycles. The van der Waals surface area contributed by atoms with Crippen LogP contribution in [0.5, 0.6) is 0 Å². The monoisotopic (exact) mass is 422 g/mol. The number of ether oxygens (including phenoxy) is 1. The molecule has 0 amide bonds. The predicted molar refractivity (Wildman–Crippen MR) is 112 cm³/mol. The van der Waals surface area contributed by atoms with Crippen molar-refractivity contribution in [3.63, 3.8) is 0 Å². The standard InChI is InChI=1S/C23H34O5S/c1-13(29)28-12-19(26)23(27)9-7-17-16-5-4-14-10-15(24)6-8-21(14,2)20(16)18(25)11-22(17,23)3/h10,13,16-18,20,25,27,29H,4-9,11-12H2,1-3H3/t13?,16-,17-,18-,20+,21-,22-,23-/m0/s1. The van der Waals surface area contributed by atoms with Crippen molar-refractivity contribution in [2.24, 2.45) is 28.6 Å². The first-order valence-electron chi connectivity index (χ1n) is 11.0. The third-order valence-electron chi connectivity index (χ3n) is 8.97. The van der Waals surface area contributed by atoms with E-state index in [9.17, 15) is 19.8 Å². The number of rotatable bonds is 4. The van der Waals surface area contributed by atoms with Gasteiger partial charge in [0.2, 0.25) is 0 Å². The zero-order chi connectivity index (χ0) is 21.2. The number of hydrogen-bond acceptors (Lipinski definition) is 6. The highest BCUT2D eigenvalue weighted by atomic mass is 32.1. The van der Waals surface area contributed by atoms with Gasteiger partial charge in [0, 0.05) is 11.8 Å². The van der Waals surface area contributed by atoms with Gasteiger partial charge in [-0.1, -0.05) is 19.4 Å². The third-order valence-corrected chi connectivity index (χ3v) is 9.11. The number of ketones is 2. The predicted octanol–water partition coefficient (Wildman–Crippen LogP) is 3.08. The van der Waals surface area contributed by atoms with Crippen LogP contribution in [0.3, 0.4) is 0 Å². The highest BCUT2D eigenvalue weighted by molar-refractivity contribution is 7.80. The lowest BCUT2D eigenvalue weighted by Gasteiger charge is -2.60. The molecule has 2 N–H and O–H groups in total. The van der Waals surface area contributed by atoms with E-state index >= 15 is 0 Å². The van der Waals surface area contributed by atoms with Crippen LogP contribution >= 0.6 is 12.6 Å². The van der Waals surface area contributed by atoms with Crippen LogP contribution in [0.15, 0.2) is 11.6 Å². The third kappa shape index (κ3) is 3.08. The van der Waals surface area contributed by atoms with Gasteiger partial charge in [-0.3, -0.25) is 9.59 Å². The molecule has 0 aliphatic heterocycles. The lowest BCUT2D eigenvalue weighted by molar-refractivity contribution is -0.183. The fourth-order valence-electron chi connectivity index (χ4n) is 7.47. The van der Waals surface area contributed by atoms with E-state index in [2.05, 4.69) is 19.6 Å². The molecular formula is C23H34O5S. The van der Waals surface area contributed by atoms with Gasteiger partial charge in [0.1, 0.15) is 12.2 Å². The van der Waals surface area contributed by atoms with Gasteiger partial charge in [-0.15, -0.1) is 12.6 Å². The average Bonchev–Trinajstić information content (AvgIpc) is 2.91. The summed E-state index contributed by atoms with van der Waals surface area (Å²) in [7, 11) is 0. The molecule has 0 spiro atoms. The topological polar surface area (TPSA) is 83.8 Å². The number of hydrogen-bond donors (Lipinski definition) is 3. The van der Waals surface area contributed by atoms with E-state index in [1.54, 1.807) is 6.92 Å². The summed E-state index contributed by atoms with van der Waals surface area (Å²) in [6.45, 7) is 5.80. The number of carbonyl (C=O) groups excluding carboxylic acids is 2. The van der Waals surface area contributed by atoms with E-state index in [0.29, 0.717) is 19.3 Å². The Hall–Kier alpha value is -0.690. The van der Waals surface area contributed by atoms with Crippen molar-refractivity contribution in [1.82, 2.24) is 0 Å². The summed E-state index contributed by atoms with van der Waals surface area (Å²) in [5, 5.41) is 22.9. The molecule has 4 aliphatic carbocycles. The average molecular weight is 423 g/mol. The summed E-state index contributed by atoms with van der Waals surface area (Å²) >= 11 is 4.17. The lowest BCUT2D eigenvalue weighted by Crippen LogP contribution is -2.62. The number of fused-ring (bicyclic) bond motifs is 5. The molecule has 3 fully saturated rings. The van der Waals surface area contributed by atoms with Crippen molar-refractivity contribution in [3.05, 3.63) is 11.6 Å².